The van der Waals surface area contributed by atoms with Gasteiger partial charge in [0.1, 0.15) is 0 Å². The number of fused-ring (bicyclic) bond motifs is 1. The number of non-ortho nitro benzene ring substituents is 1. The Balaban J connectivity index is 1.34. The zero-order valence-electron chi connectivity index (χ0n) is 23.1. The van der Waals surface area contributed by atoms with Gasteiger partial charge in [-0.1, -0.05) is 53.8 Å². The van der Waals surface area contributed by atoms with Gasteiger partial charge in [-0.15, -0.1) is 5.10 Å². The number of nitrogens with zero attached hydrogens (tertiary/aromatic N) is 6. The van der Waals surface area contributed by atoms with E-state index >= 15 is 0 Å². The van der Waals surface area contributed by atoms with Crippen LogP contribution in [0.5, 0.6) is 11.5 Å². The van der Waals surface area contributed by atoms with Crippen LogP contribution in [0.25, 0.3) is 40.1 Å². The minimum absolute atomic E-state index is 0.00942. The normalized spacial score (nSPS) is 11.9. The van der Waals surface area contributed by atoms with Crippen LogP contribution in [0.1, 0.15) is 23.9 Å². The molecule has 6 aromatic rings. The Hall–Kier alpha value is -5.62. The van der Waals surface area contributed by atoms with E-state index in [1.807, 2.05) is 61.5 Å². The number of aromatic nitrogens is 5. The monoisotopic (exact) mass is 592 g/mol. The summed E-state index contributed by atoms with van der Waals surface area (Å²) in [6.45, 7) is 2.45. The lowest BCUT2D eigenvalue weighted by atomic mass is 10.1. The molecule has 0 atom stereocenters. The highest BCUT2D eigenvalue weighted by Crippen LogP contribution is 2.29. The Kier molecular flexibility index (Phi) is 7.50. The van der Waals surface area contributed by atoms with E-state index in [2.05, 4.69) is 10.1 Å². The molecule has 0 N–H and O–H groups in total. The Morgan fingerprint density at radius 1 is 1.00 bits per heavy atom. The molecule has 0 aliphatic heterocycles. The lowest BCUT2D eigenvalue weighted by Gasteiger charge is -2.09. The fourth-order valence-corrected chi connectivity index (χ4v) is 5.37. The van der Waals surface area contributed by atoms with Gasteiger partial charge in [-0.2, -0.15) is 14.6 Å². The summed E-state index contributed by atoms with van der Waals surface area (Å²) in [5.74, 6) is 1.69. The molecule has 11 nitrogen and oxygen atoms in total. The van der Waals surface area contributed by atoms with Crippen molar-refractivity contribution in [2.45, 2.75) is 6.92 Å². The van der Waals surface area contributed by atoms with E-state index in [1.165, 1.54) is 28.0 Å². The second-order valence-corrected chi connectivity index (χ2v) is 10.3. The molecule has 0 amide bonds. The van der Waals surface area contributed by atoms with Crippen molar-refractivity contribution in [1.82, 2.24) is 24.4 Å². The molecule has 0 unspecified atom stereocenters. The SMILES string of the molecule is CCOc1ccc(/C=C/c2nc3s/c(=C\c4cn(-c5ccc([N+](=O)[O-])cc5)nc4-c4ccccc4)c(=O)n3n2)cc1OC. The fraction of sp³-hybridized carbons (Fsp3) is 0.0968. The van der Waals surface area contributed by atoms with Crippen LogP contribution in [0.2, 0.25) is 0 Å². The number of rotatable bonds is 9. The molecule has 0 spiro atoms. The maximum absolute atomic E-state index is 13.3. The number of nitro groups is 1. The van der Waals surface area contributed by atoms with Gasteiger partial charge < -0.3 is 9.47 Å². The second kappa shape index (κ2) is 11.7. The van der Waals surface area contributed by atoms with Crippen LogP contribution in [-0.4, -0.2) is 43.0 Å². The first-order valence-corrected chi connectivity index (χ1v) is 14.1. The third kappa shape index (κ3) is 5.63. The molecule has 0 bridgehead atoms. The average molecular weight is 593 g/mol. The number of hydrogen-bond donors (Lipinski definition) is 0. The van der Waals surface area contributed by atoms with Crippen LogP contribution in [-0.2, 0) is 0 Å². The molecule has 3 heterocycles. The van der Waals surface area contributed by atoms with E-state index in [0.717, 1.165) is 11.1 Å². The van der Waals surface area contributed by atoms with Crippen LogP contribution < -0.4 is 19.6 Å². The van der Waals surface area contributed by atoms with Crippen LogP contribution in [0, 0.1) is 10.1 Å². The number of nitro benzene ring substituents is 1. The second-order valence-electron chi connectivity index (χ2n) is 9.27. The van der Waals surface area contributed by atoms with Gasteiger partial charge in [-0.05, 0) is 48.9 Å². The van der Waals surface area contributed by atoms with Crippen LogP contribution >= 0.6 is 11.3 Å². The predicted molar refractivity (Wildman–Crippen MR) is 165 cm³/mol. The highest BCUT2D eigenvalue weighted by atomic mass is 32.1. The molecule has 0 saturated heterocycles. The van der Waals surface area contributed by atoms with Gasteiger partial charge in [0.15, 0.2) is 17.3 Å². The number of methoxy groups -OCH3 is 1. The predicted octanol–water partition coefficient (Wildman–Crippen LogP) is 5.04. The van der Waals surface area contributed by atoms with Crippen molar-refractivity contribution in [2.75, 3.05) is 13.7 Å². The van der Waals surface area contributed by atoms with Gasteiger partial charge in [0.05, 0.1) is 34.6 Å². The van der Waals surface area contributed by atoms with Crippen LogP contribution in [0.15, 0.2) is 83.8 Å². The lowest BCUT2D eigenvalue weighted by molar-refractivity contribution is -0.384. The van der Waals surface area contributed by atoms with Gasteiger partial charge in [-0.25, -0.2) is 4.68 Å². The number of thiazole rings is 1. The maximum Gasteiger partial charge on any atom is 0.291 e. The molecule has 0 fully saturated rings. The van der Waals surface area contributed by atoms with E-state index in [0.29, 0.717) is 50.4 Å². The van der Waals surface area contributed by atoms with Crippen molar-refractivity contribution >= 4 is 40.2 Å². The van der Waals surface area contributed by atoms with Crippen molar-refractivity contribution in [1.29, 1.82) is 0 Å². The highest BCUT2D eigenvalue weighted by molar-refractivity contribution is 7.15. The first-order valence-electron chi connectivity index (χ1n) is 13.2. The zero-order chi connectivity index (χ0) is 29.9. The Morgan fingerprint density at radius 3 is 2.49 bits per heavy atom. The summed E-state index contributed by atoms with van der Waals surface area (Å²) in [7, 11) is 1.59. The summed E-state index contributed by atoms with van der Waals surface area (Å²) in [4.78, 5) is 28.9. The van der Waals surface area contributed by atoms with Gasteiger partial charge >= 0.3 is 0 Å². The van der Waals surface area contributed by atoms with E-state index in [1.54, 1.807) is 42.3 Å². The van der Waals surface area contributed by atoms with Crippen molar-refractivity contribution in [3.05, 3.63) is 121 Å². The lowest BCUT2D eigenvalue weighted by Crippen LogP contribution is -2.23. The minimum Gasteiger partial charge on any atom is -0.493 e. The van der Waals surface area contributed by atoms with Crippen molar-refractivity contribution in [3.8, 4) is 28.4 Å². The first kappa shape index (κ1) is 27.5. The summed E-state index contributed by atoms with van der Waals surface area (Å²) in [5, 5.41) is 20.2. The van der Waals surface area contributed by atoms with Crippen molar-refractivity contribution in [3.63, 3.8) is 0 Å². The summed E-state index contributed by atoms with van der Waals surface area (Å²) < 4.78 is 14.4. The topological polar surface area (TPSA) is 127 Å². The zero-order valence-corrected chi connectivity index (χ0v) is 23.9. The van der Waals surface area contributed by atoms with Crippen molar-refractivity contribution in [2.24, 2.45) is 0 Å². The molecular weight excluding hydrogens is 568 g/mol. The quantitative estimate of drug-likeness (QED) is 0.169. The Morgan fingerprint density at radius 2 is 1.79 bits per heavy atom. The molecule has 0 aliphatic carbocycles. The van der Waals surface area contributed by atoms with Crippen LogP contribution in [0.3, 0.4) is 0 Å². The largest absolute Gasteiger partial charge is 0.493 e. The van der Waals surface area contributed by atoms with E-state index in [9.17, 15) is 14.9 Å². The van der Waals surface area contributed by atoms with Gasteiger partial charge in [0.25, 0.3) is 11.2 Å². The molecule has 12 heteroatoms. The highest BCUT2D eigenvalue weighted by Gasteiger charge is 2.15. The van der Waals surface area contributed by atoms with Crippen LogP contribution in [0.4, 0.5) is 5.69 Å². The first-order chi connectivity index (χ1) is 20.9. The third-order valence-corrected chi connectivity index (χ3v) is 7.47. The molecule has 0 radical (unpaired) electrons. The summed E-state index contributed by atoms with van der Waals surface area (Å²) >= 11 is 1.23. The standard InChI is InChI=1S/C31H24N6O5S/c1-3-42-25-15-9-20(17-26(25)41-2)10-16-28-32-31-36(33-28)30(38)27(43-31)18-22-19-35(23-11-13-24(14-12-23)37(39)40)34-29(22)21-7-5-4-6-8-21/h4-19H,3H2,1-2H3/b16-10+,27-18-. The minimum atomic E-state index is -0.447. The Labute approximate surface area is 248 Å². The molecule has 43 heavy (non-hydrogen) atoms. The van der Waals surface area contributed by atoms with Gasteiger partial charge in [-0.3, -0.25) is 14.9 Å². The summed E-state index contributed by atoms with van der Waals surface area (Å²) in [5.41, 5.74) is 3.44. The smallest absolute Gasteiger partial charge is 0.291 e. The average Bonchev–Trinajstić information content (AvgIpc) is 3.71. The summed E-state index contributed by atoms with van der Waals surface area (Å²) in [6.07, 6.45) is 7.13. The molecule has 6 rings (SSSR count). The maximum atomic E-state index is 13.3. The molecule has 0 saturated carbocycles. The van der Waals surface area contributed by atoms with E-state index in [4.69, 9.17) is 14.6 Å². The molecule has 214 valence electrons. The van der Waals surface area contributed by atoms with Gasteiger partial charge in [0.2, 0.25) is 4.96 Å². The Bertz CT molecular complexity index is 2080. The van der Waals surface area contributed by atoms with Gasteiger partial charge in [0, 0.05) is 29.5 Å². The number of ether oxygens (including phenoxy) is 2. The van der Waals surface area contributed by atoms with Crippen molar-refractivity contribution < 1.29 is 14.4 Å². The fourth-order valence-electron chi connectivity index (χ4n) is 4.47. The number of benzene rings is 3. The number of hydrogen-bond acceptors (Lipinski definition) is 9. The molecule has 3 aromatic heterocycles. The third-order valence-electron chi connectivity index (χ3n) is 6.51. The molecule has 3 aromatic carbocycles. The van der Waals surface area contributed by atoms with E-state index < -0.39 is 4.92 Å². The van der Waals surface area contributed by atoms with E-state index in [-0.39, 0.29) is 11.2 Å². The molecular formula is C31H24N6O5S. The molecule has 0 aliphatic rings. The summed E-state index contributed by atoms with van der Waals surface area (Å²) in [6, 6.07) is 21.3.